The summed E-state index contributed by atoms with van der Waals surface area (Å²) in [5.74, 6) is -1.87. The standard InChI is InChI=1S/C15H14FN3O3/c16-12-3-1-10(2-4-12)13-11(6-8-22-13)5-7-15(20,21)14-17-9-18-19-14/h1-4,6,8-9,20-21H,5,7H2,(H,17,18,19). The lowest BCUT2D eigenvalue weighted by Crippen LogP contribution is -2.27. The number of nitrogens with one attached hydrogen (secondary N) is 1. The van der Waals surface area contributed by atoms with Gasteiger partial charge in [-0.3, -0.25) is 5.10 Å². The zero-order chi connectivity index (χ0) is 15.6. The van der Waals surface area contributed by atoms with Gasteiger partial charge in [0.15, 0.2) is 5.82 Å². The zero-order valence-corrected chi connectivity index (χ0v) is 11.5. The van der Waals surface area contributed by atoms with Crippen molar-refractivity contribution in [3.05, 3.63) is 60.1 Å². The van der Waals surface area contributed by atoms with Gasteiger partial charge in [0.2, 0.25) is 5.79 Å². The third-order valence-electron chi connectivity index (χ3n) is 3.39. The molecule has 0 fully saturated rings. The Morgan fingerprint density at radius 3 is 2.64 bits per heavy atom. The molecule has 7 heteroatoms. The molecule has 0 aliphatic rings. The van der Waals surface area contributed by atoms with Crippen molar-refractivity contribution in [2.75, 3.05) is 0 Å². The van der Waals surface area contributed by atoms with E-state index in [1.165, 1.54) is 24.7 Å². The summed E-state index contributed by atoms with van der Waals surface area (Å²) in [4.78, 5) is 3.75. The van der Waals surface area contributed by atoms with Crippen LogP contribution in [0, 0.1) is 5.82 Å². The Kier molecular flexibility index (Phi) is 3.74. The molecule has 114 valence electrons. The molecule has 1 aromatic carbocycles. The minimum Gasteiger partial charge on any atom is -0.464 e. The molecule has 0 bridgehead atoms. The molecule has 0 spiro atoms. The summed E-state index contributed by atoms with van der Waals surface area (Å²) in [6, 6.07) is 7.66. The van der Waals surface area contributed by atoms with Crippen LogP contribution < -0.4 is 0 Å². The van der Waals surface area contributed by atoms with Crippen LogP contribution in [-0.2, 0) is 12.2 Å². The molecule has 0 saturated heterocycles. The van der Waals surface area contributed by atoms with Gasteiger partial charge in [-0.15, -0.1) is 0 Å². The number of hydrogen-bond donors (Lipinski definition) is 3. The summed E-state index contributed by atoms with van der Waals surface area (Å²) >= 11 is 0. The Labute approximate surface area is 125 Å². The van der Waals surface area contributed by atoms with Gasteiger partial charge in [-0.2, -0.15) is 5.10 Å². The Morgan fingerprint density at radius 2 is 1.95 bits per heavy atom. The fraction of sp³-hybridized carbons (Fsp3) is 0.200. The van der Waals surface area contributed by atoms with Crippen LogP contribution in [0.5, 0.6) is 0 Å². The first-order valence-electron chi connectivity index (χ1n) is 6.69. The van der Waals surface area contributed by atoms with Crippen LogP contribution in [-0.4, -0.2) is 25.4 Å². The van der Waals surface area contributed by atoms with Crippen LogP contribution in [0.4, 0.5) is 4.39 Å². The molecular formula is C15H14FN3O3. The second kappa shape index (κ2) is 5.70. The Hall–Kier alpha value is -2.51. The molecular weight excluding hydrogens is 289 g/mol. The van der Waals surface area contributed by atoms with E-state index in [0.29, 0.717) is 12.2 Å². The summed E-state index contributed by atoms with van der Waals surface area (Å²) in [7, 11) is 0. The van der Waals surface area contributed by atoms with E-state index in [9.17, 15) is 14.6 Å². The van der Waals surface area contributed by atoms with E-state index in [4.69, 9.17) is 4.42 Å². The van der Waals surface area contributed by atoms with E-state index in [0.717, 1.165) is 11.1 Å². The van der Waals surface area contributed by atoms with Crippen molar-refractivity contribution in [3.8, 4) is 11.3 Å². The molecule has 3 aromatic rings. The number of rotatable bonds is 5. The van der Waals surface area contributed by atoms with Crippen LogP contribution in [0.15, 0.2) is 47.3 Å². The number of halogens is 1. The van der Waals surface area contributed by atoms with Gasteiger partial charge in [-0.25, -0.2) is 9.37 Å². The quantitative estimate of drug-likeness (QED) is 0.626. The fourth-order valence-electron chi connectivity index (χ4n) is 2.21. The number of aryl methyl sites for hydroxylation is 1. The highest BCUT2D eigenvalue weighted by Gasteiger charge is 2.29. The van der Waals surface area contributed by atoms with Crippen molar-refractivity contribution in [3.63, 3.8) is 0 Å². The van der Waals surface area contributed by atoms with Crippen LogP contribution in [0.2, 0.25) is 0 Å². The molecule has 3 rings (SSSR count). The van der Waals surface area contributed by atoms with Gasteiger partial charge in [-0.1, -0.05) is 0 Å². The molecule has 0 atom stereocenters. The molecule has 6 nitrogen and oxygen atoms in total. The monoisotopic (exact) mass is 303 g/mol. The summed E-state index contributed by atoms with van der Waals surface area (Å²) in [5, 5.41) is 26.1. The largest absolute Gasteiger partial charge is 0.464 e. The zero-order valence-electron chi connectivity index (χ0n) is 11.5. The Morgan fingerprint density at radius 1 is 1.18 bits per heavy atom. The lowest BCUT2D eigenvalue weighted by Gasteiger charge is -2.18. The second-order valence-corrected chi connectivity index (χ2v) is 4.93. The van der Waals surface area contributed by atoms with Crippen molar-refractivity contribution in [2.45, 2.75) is 18.6 Å². The lowest BCUT2D eigenvalue weighted by atomic mass is 10.0. The third kappa shape index (κ3) is 2.90. The molecule has 0 aliphatic heterocycles. The Bertz CT molecular complexity index is 736. The van der Waals surface area contributed by atoms with Gasteiger partial charge in [0.1, 0.15) is 17.9 Å². The van der Waals surface area contributed by atoms with E-state index in [1.807, 2.05) is 0 Å². The number of benzene rings is 1. The average molecular weight is 303 g/mol. The van der Waals surface area contributed by atoms with Gasteiger partial charge < -0.3 is 14.6 Å². The van der Waals surface area contributed by atoms with Crippen LogP contribution in [0.3, 0.4) is 0 Å². The van der Waals surface area contributed by atoms with Crippen molar-refractivity contribution < 1.29 is 19.0 Å². The summed E-state index contributed by atoms with van der Waals surface area (Å²) in [6.45, 7) is 0. The first-order chi connectivity index (χ1) is 10.6. The molecule has 0 saturated carbocycles. The van der Waals surface area contributed by atoms with Crippen molar-refractivity contribution in [1.29, 1.82) is 0 Å². The molecule has 2 heterocycles. The third-order valence-corrected chi connectivity index (χ3v) is 3.39. The number of nitrogens with zero attached hydrogens (tertiary/aromatic N) is 2. The molecule has 0 amide bonds. The topological polar surface area (TPSA) is 95.2 Å². The smallest absolute Gasteiger partial charge is 0.225 e. The van der Waals surface area contributed by atoms with E-state index >= 15 is 0 Å². The minimum absolute atomic E-state index is 0.00984. The fourth-order valence-corrected chi connectivity index (χ4v) is 2.21. The van der Waals surface area contributed by atoms with Crippen LogP contribution >= 0.6 is 0 Å². The van der Waals surface area contributed by atoms with Gasteiger partial charge in [0.25, 0.3) is 0 Å². The number of hydrogen-bond acceptors (Lipinski definition) is 5. The summed E-state index contributed by atoms with van der Waals surface area (Å²) in [6.07, 6.45) is 3.07. The first-order valence-corrected chi connectivity index (χ1v) is 6.69. The molecule has 3 N–H and O–H groups in total. The highest BCUT2D eigenvalue weighted by Crippen LogP contribution is 2.28. The lowest BCUT2D eigenvalue weighted by molar-refractivity contribution is -0.180. The van der Waals surface area contributed by atoms with E-state index in [1.54, 1.807) is 18.2 Å². The number of furan rings is 1. The number of aromatic nitrogens is 3. The maximum absolute atomic E-state index is 13.0. The highest BCUT2D eigenvalue weighted by molar-refractivity contribution is 5.61. The summed E-state index contributed by atoms with van der Waals surface area (Å²) in [5.41, 5.74) is 1.51. The van der Waals surface area contributed by atoms with E-state index in [2.05, 4.69) is 15.2 Å². The molecule has 0 aliphatic carbocycles. The van der Waals surface area contributed by atoms with Crippen molar-refractivity contribution in [1.82, 2.24) is 15.2 Å². The Balaban J connectivity index is 1.77. The van der Waals surface area contributed by atoms with Gasteiger partial charge in [0.05, 0.1) is 6.26 Å². The van der Waals surface area contributed by atoms with Crippen LogP contribution in [0.1, 0.15) is 17.8 Å². The molecule has 0 unspecified atom stereocenters. The van der Waals surface area contributed by atoms with Crippen molar-refractivity contribution >= 4 is 0 Å². The van der Waals surface area contributed by atoms with E-state index < -0.39 is 5.79 Å². The molecule has 22 heavy (non-hydrogen) atoms. The van der Waals surface area contributed by atoms with Crippen LogP contribution in [0.25, 0.3) is 11.3 Å². The predicted octanol–water partition coefficient (Wildman–Crippen LogP) is 1.97. The molecule has 2 aromatic heterocycles. The second-order valence-electron chi connectivity index (χ2n) is 4.93. The number of aliphatic hydroxyl groups is 2. The summed E-state index contributed by atoms with van der Waals surface area (Å²) < 4.78 is 18.4. The highest BCUT2D eigenvalue weighted by atomic mass is 19.1. The SMILES string of the molecule is OC(O)(CCc1ccoc1-c1ccc(F)cc1)c1ncn[nH]1. The number of aromatic amines is 1. The minimum atomic E-state index is -2.10. The van der Waals surface area contributed by atoms with Gasteiger partial charge >= 0.3 is 0 Å². The maximum Gasteiger partial charge on any atom is 0.225 e. The predicted molar refractivity (Wildman–Crippen MR) is 74.9 cm³/mol. The molecule has 0 radical (unpaired) electrons. The average Bonchev–Trinajstić information content (AvgIpc) is 3.18. The van der Waals surface area contributed by atoms with Gasteiger partial charge in [0, 0.05) is 12.0 Å². The maximum atomic E-state index is 13.0. The van der Waals surface area contributed by atoms with Gasteiger partial charge in [-0.05, 0) is 42.3 Å². The number of H-pyrrole nitrogens is 1. The first kappa shape index (κ1) is 14.4. The van der Waals surface area contributed by atoms with E-state index in [-0.39, 0.29) is 18.1 Å². The normalized spacial score (nSPS) is 11.8. The van der Waals surface area contributed by atoms with Crippen molar-refractivity contribution in [2.24, 2.45) is 0 Å².